The normalized spacial score (nSPS) is 10.4. The van der Waals surface area contributed by atoms with Gasteiger partial charge >= 0.3 is 0 Å². The first-order valence-electron chi connectivity index (χ1n) is 7.65. The standard InChI is InChI=1S/C20H17ClFNO/c21-17-6-4-15(5-7-17)14-24-20-3-1-2-16(12-20)13-23-19-10-8-18(22)9-11-19/h1-12,23H,13-14H2. The lowest BCUT2D eigenvalue weighted by Crippen LogP contribution is -2.00. The average molecular weight is 342 g/mol. The maximum Gasteiger partial charge on any atom is 0.123 e. The van der Waals surface area contributed by atoms with Crippen LogP contribution in [0.2, 0.25) is 5.02 Å². The van der Waals surface area contributed by atoms with Crippen LogP contribution < -0.4 is 10.1 Å². The summed E-state index contributed by atoms with van der Waals surface area (Å²) in [6.07, 6.45) is 0. The number of rotatable bonds is 6. The highest BCUT2D eigenvalue weighted by Crippen LogP contribution is 2.18. The van der Waals surface area contributed by atoms with Crippen molar-refractivity contribution in [1.29, 1.82) is 0 Å². The summed E-state index contributed by atoms with van der Waals surface area (Å²) < 4.78 is 18.7. The highest BCUT2D eigenvalue weighted by molar-refractivity contribution is 6.30. The Morgan fingerprint density at radius 2 is 1.62 bits per heavy atom. The van der Waals surface area contributed by atoms with Gasteiger partial charge in [-0.05, 0) is 59.7 Å². The summed E-state index contributed by atoms with van der Waals surface area (Å²) in [4.78, 5) is 0. The van der Waals surface area contributed by atoms with Crippen LogP contribution in [-0.2, 0) is 13.2 Å². The summed E-state index contributed by atoms with van der Waals surface area (Å²) in [6, 6.07) is 21.8. The van der Waals surface area contributed by atoms with Gasteiger partial charge in [-0.25, -0.2) is 4.39 Å². The van der Waals surface area contributed by atoms with Crippen LogP contribution in [0, 0.1) is 5.82 Å². The van der Waals surface area contributed by atoms with Crippen molar-refractivity contribution >= 4 is 17.3 Å². The lowest BCUT2D eigenvalue weighted by atomic mass is 10.2. The smallest absolute Gasteiger partial charge is 0.123 e. The fraction of sp³-hybridized carbons (Fsp3) is 0.100. The molecule has 3 rings (SSSR count). The Hall–Kier alpha value is -2.52. The van der Waals surface area contributed by atoms with Crippen molar-refractivity contribution in [3.63, 3.8) is 0 Å². The fourth-order valence-corrected chi connectivity index (χ4v) is 2.39. The minimum atomic E-state index is -0.238. The summed E-state index contributed by atoms with van der Waals surface area (Å²) >= 11 is 5.87. The van der Waals surface area contributed by atoms with Gasteiger partial charge in [-0.2, -0.15) is 0 Å². The first-order valence-corrected chi connectivity index (χ1v) is 8.02. The molecule has 24 heavy (non-hydrogen) atoms. The Bertz CT molecular complexity index is 723. The minimum Gasteiger partial charge on any atom is -0.489 e. The molecule has 122 valence electrons. The van der Waals surface area contributed by atoms with Crippen molar-refractivity contribution in [2.24, 2.45) is 0 Å². The number of ether oxygens (including phenoxy) is 1. The van der Waals surface area contributed by atoms with Crippen LogP contribution in [0.25, 0.3) is 0 Å². The molecule has 0 spiro atoms. The SMILES string of the molecule is Fc1ccc(NCc2cccc(OCc3ccc(Cl)cc3)c2)cc1. The van der Waals surface area contributed by atoms with E-state index in [0.29, 0.717) is 18.2 Å². The van der Waals surface area contributed by atoms with E-state index in [1.807, 2.05) is 48.5 Å². The van der Waals surface area contributed by atoms with Crippen molar-refractivity contribution in [2.75, 3.05) is 5.32 Å². The van der Waals surface area contributed by atoms with Gasteiger partial charge in [-0.3, -0.25) is 0 Å². The zero-order valence-corrected chi connectivity index (χ0v) is 13.8. The molecule has 0 aromatic heterocycles. The molecule has 0 unspecified atom stereocenters. The first-order chi connectivity index (χ1) is 11.7. The predicted molar refractivity (Wildman–Crippen MR) is 96.0 cm³/mol. The van der Waals surface area contributed by atoms with Crippen LogP contribution >= 0.6 is 11.6 Å². The van der Waals surface area contributed by atoms with Crippen LogP contribution in [0.3, 0.4) is 0 Å². The highest BCUT2D eigenvalue weighted by atomic mass is 35.5. The molecule has 0 bridgehead atoms. The third-order valence-electron chi connectivity index (χ3n) is 3.56. The number of halogens is 2. The maximum absolute atomic E-state index is 12.9. The number of hydrogen-bond acceptors (Lipinski definition) is 2. The topological polar surface area (TPSA) is 21.3 Å². The monoisotopic (exact) mass is 341 g/mol. The molecule has 2 nitrogen and oxygen atoms in total. The van der Waals surface area contributed by atoms with E-state index >= 15 is 0 Å². The number of benzene rings is 3. The van der Waals surface area contributed by atoms with Gasteiger partial charge in [-0.1, -0.05) is 35.9 Å². The molecule has 0 aliphatic rings. The molecule has 3 aromatic carbocycles. The Labute approximate surface area is 145 Å². The molecule has 0 saturated heterocycles. The molecule has 0 aliphatic carbocycles. The summed E-state index contributed by atoms with van der Waals surface area (Å²) in [5, 5.41) is 3.97. The quantitative estimate of drug-likeness (QED) is 0.623. The molecule has 4 heteroatoms. The fourth-order valence-electron chi connectivity index (χ4n) is 2.26. The van der Waals surface area contributed by atoms with Crippen LogP contribution in [0.1, 0.15) is 11.1 Å². The van der Waals surface area contributed by atoms with Gasteiger partial charge in [0.25, 0.3) is 0 Å². The third-order valence-corrected chi connectivity index (χ3v) is 3.81. The van der Waals surface area contributed by atoms with Gasteiger partial charge in [0.1, 0.15) is 18.2 Å². The van der Waals surface area contributed by atoms with E-state index in [9.17, 15) is 4.39 Å². The molecule has 0 saturated carbocycles. The first kappa shape index (κ1) is 16.3. The Kier molecular flexibility index (Phi) is 5.34. The van der Waals surface area contributed by atoms with Crippen LogP contribution in [0.15, 0.2) is 72.8 Å². The lowest BCUT2D eigenvalue weighted by molar-refractivity contribution is 0.306. The Morgan fingerprint density at radius 3 is 2.38 bits per heavy atom. The van der Waals surface area contributed by atoms with Crippen molar-refractivity contribution in [3.8, 4) is 5.75 Å². The van der Waals surface area contributed by atoms with Gasteiger partial charge in [0, 0.05) is 17.3 Å². The van der Waals surface area contributed by atoms with Gasteiger partial charge < -0.3 is 10.1 Å². The maximum atomic E-state index is 12.9. The molecule has 0 atom stereocenters. The second kappa shape index (κ2) is 7.84. The predicted octanol–water partition coefficient (Wildman–Crippen LogP) is 5.67. The van der Waals surface area contributed by atoms with Gasteiger partial charge in [0.05, 0.1) is 0 Å². The summed E-state index contributed by atoms with van der Waals surface area (Å²) in [7, 11) is 0. The van der Waals surface area contributed by atoms with E-state index < -0.39 is 0 Å². The van der Waals surface area contributed by atoms with E-state index in [1.165, 1.54) is 12.1 Å². The van der Waals surface area contributed by atoms with Gasteiger partial charge in [0.2, 0.25) is 0 Å². The minimum absolute atomic E-state index is 0.238. The van der Waals surface area contributed by atoms with Gasteiger partial charge in [0.15, 0.2) is 0 Å². The van der Waals surface area contributed by atoms with Crippen LogP contribution in [-0.4, -0.2) is 0 Å². The summed E-state index contributed by atoms with van der Waals surface area (Å²) in [5.41, 5.74) is 3.03. The van der Waals surface area contributed by atoms with Crippen molar-refractivity contribution in [3.05, 3.63) is 94.8 Å². The molecular formula is C20H17ClFNO. The van der Waals surface area contributed by atoms with E-state index in [2.05, 4.69) is 5.32 Å². The van der Waals surface area contributed by atoms with Crippen molar-refractivity contribution in [1.82, 2.24) is 0 Å². The zero-order chi connectivity index (χ0) is 16.8. The van der Waals surface area contributed by atoms with Crippen LogP contribution in [0.5, 0.6) is 5.75 Å². The summed E-state index contributed by atoms with van der Waals surface area (Å²) in [5.74, 6) is 0.571. The van der Waals surface area contributed by atoms with Crippen LogP contribution in [0.4, 0.5) is 10.1 Å². The molecular weight excluding hydrogens is 325 g/mol. The van der Waals surface area contributed by atoms with Gasteiger partial charge in [-0.15, -0.1) is 0 Å². The van der Waals surface area contributed by atoms with E-state index in [-0.39, 0.29) is 5.82 Å². The molecule has 0 radical (unpaired) electrons. The Balaban J connectivity index is 1.57. The van der Waals surface area contributed by atoms with Crippen molar-refractivity contribution in [2.45, 2.75) is 13.2 Å². The molecule has 0 fully saturated rings. The largest absolute Gasteiger partial charge is 0.489 e. The van der Waals surface area contributed by atoms with E-state index in [4.69, 9.17) is 16.3 Å². The summed E-state index contributed by atoms with van der Waals surface area (Å²) in [6.45, 7) is 1.13. The molecule has 0 aliphatic heterocycles. The molecule has 3 aromatic rings. The highest BCUT2D eigenvalue weighted by Gasteiger charge is 2.00. The molecule has 0 amide bonds. The van der Waals surface area contributed by atoms with E-state index in [1.54, 1.807) is 12.1 Å². The zero-order valence-electron chi connectivity index (χ0n) is 13.0. The van der Waals surface area contributed by atoms with E-state index in [0.717, 1.165) is 22.6 Å². The lowest BCUT2D eigenvalue weighted by Gasteiger charge is -2.10. The third kappa shape index (κ3) is 4.74. The molecule has 1 N–H and O–H groups in total. The van der Waals surface area contributed by atoms with Crippen molar-refractivity contribution < 1.29 is 9.13 Å². The Morgan fingerprint density at radius 1 is 0.875 bits per heavy atom. The average Bonchev–Trinajstić information content (AvgIpc) is 2.61. The second-order valence-electron chi connectivity index (χ2n) is 5.42. The molecule has 0 heterocycles. The number of hydrogen-bond donors (Lipinski definition) is 1. The number of nitrogens with one attached hydrogen (secondary N) is 1. The number of anilines is 1. The second-order valence-corrected chi connectivity index (χ2v) is 5.86.